The second-order valence-electron chi connectivity index (χ2n) is 7.58. The number of nitrogens with one attached hydrogen (secondary N) is 1. The second kappa shape index (κ2) is 11.1. The van der Waals surface area contributed by atoms with Gasteiger partial charge in [-0.2, -0.15) is 0 Å². The molecule has 2 heterocycles. The molecule has 2 fully saturated rings. The van der Waals surface area contributed by atoms with Gasteiger partial charge in [-0.05, 0) is 24.3 Å². The molecule has 0 saturated carbocycles. The van der Waals surface area contributed by atoms with Crippen LogP contribution in [0.15, 0.2) is 58.3 Å². The van der Waals surface area contributed by atoms with Crippen molar-refractivity contribution in [1.82, 2.24) is 0 Å². The minimum Gasteiger partial charge on any atom is -0.379 e. The molecule has 0 bridgehead atoms. The summed E-state index contributed by atoms with van der Waals surface area (Å²) in [7, 11) is 1.00. The number of hydrogen-bond donors (Lipinski definition) is 4. The van der Waals surface area contributed by atoms with E-state index in [9.17, 15) is 0 Å². The molecule has 7 N–H and O–H groups in total. The van der Waals surface area contributed by atoms with Gasteiger partial charge >= 0.3 is 0 Å². The van der Waals surface area contributed by atoms with Gasteiger partial charge in [0.2, 0.25) is 0 Å². The molecule has 4 unspecified atom stereocenters. The highest BCUT2D eigenvalue weighted by Crippen LogP contribution is 2.43. The molecular weight excluding hydrogens is 481 g/mol. The number of amidine groups is 1. The molecule has 2 aliphatic rings. The van der Waals surface area contributed by atoms with Crippen LogP contribution in [-0.4, -0.2) is 45.2 Å². The summed E-state index contributed by atoms with van der Waals surface area (Å²) in [6, 6.07) is 18.3. The van der Waals surface area contributed by atoms with E-state index >= 15 is 0 Å². The Morgan fingerprint density at radius 1 is 0.871 bits per heavy atom. The van der Waals surface area contributed by atoms with E-state index in [0.717, 1.165) is 22.0 Å². The fraction of sp³-hybridized carbons (Fsp3) is 0.409. The zero-order valence-electron chi connectivity index (χ0n) is 17.4. The van der Waals surface area contributed by atoms with E-state index in [0.29, 0.717) is 21.8 Å². The van der Waals surface area contributed by atoms with Crippen molar-refractivity contribution in [2.75, 3.05) is 34.5 Å². The van der Waals surface area contributed by atoms with Crippen LogP contribution < -0.4 is 17.2 Å². The quantitative estimate of drug-likeness (QED) is 0.121. The van der Waals surface area contributed by atoms with Crippen LogP contribution in [-0.2, 0) is 21.8 Å². The molecule has 4 nitrogen and oxygen atoms in total. The number of rotatable bonds is 11. The molecule has 2 aromatic rings. The summed E-state index contributed by atoms with van der Waals surface area (Å²) in [5.74, 6) is 7.08. The van der Waals surface area contributed by atoms with Crippen LogP contribution in [0.5, 0.6) is 0 Å². The predicted molar refractivity (Wildman–Crippen MR) is 146 cm³/mol. The molecule has 2 saturated heterocycles. The Balaban J connectivity index is 1.22. The van der Waals surface area contributed by atoms with Crippen molar-refractivity contribution in [3.8, 4) is 0 Å². The van der Waals surface area contributed by atoms with Crippen LogP contribution in [0.25, 0.3) is 0 Å². The van der Waals surface area contributed by atoms with Gasteiger partial charge < -0.3 is 17.2 Å². The lowest BCUT2D eigenvalue weighted by molar-refractivity contribution is 0.988. The van der Waals surface area contributed by atoms with E-state index in [1.807, 2.05) is 11.8 Å². The normalized spacial score (nSPS) is 24.4. The molecule has 9 heteroatoms. The molecule has 166 valence electrons. The summed E-state index contributed by atoms with van der Waals surface area (Å²) in [6.07, 6.45) is 0. The molecule has 0 aliphatic carbocycles. The summed E-state index contributed by atoms with van der Waals surface area (Å²) < 4.78 is 0. The standard InChI is InChI=1S/C22H30N4S5/c23-21(24)27-9-11-30-13-19(30)15-1-5-17(6-2-15)29-18-7-3-16(4-8-18)20-14-31(20)12-10-28-22(25)26/h1-8,19-21H,9-14,23-24H2,(H3,25,26)/q+2. The van der Waals surface area contributed by atoms with Crippen molar-refractivity contribution in [2.24, 2.45) is 17.2 Å². The predicted octanol–water partition coefficient (Wildman–Crippen LogP) is 3.74. The van der Waals surface area contributed by atoms with Crippen molar-refractivity contribution < 1.29 is 0 Å². The molecule has 2 aromatic carbocycles. The van der Waals surface area contributed by atoms with Gasteiger partial charge in [-0.25, -0.2) is 0 Å². The van der Waals surface area contributed by atoms with Gasteiger partial charge in [0, 0.05) is 54.2 Å². The van der Waals surface area contributed by atoms with Gasteiger partial charge in [0.1, 0.15) is 17.0 Å². The lowest BCUT2D eigenvalue weighted by Gasteiger charge is -2.04. The molecule has 0 amide bonds. The summed E-state index contributed by atoms with van der Waals surface area (Å²) in [6.45, 7) is 0. The smallest absolute Gasteiger partial charge is 0.187 e. The van der Waals surface area contributed by atoms with Crippen LogP contribution in [0.1, 0.15) is 21.6 Å². The van der Waals surface area contributed by atoms with Crippen LogP contribution in [0.4, 0.5) is 0 Å². The maximum absolute atomic E-state index is 7.30. The number of hydrogen-bond acceptors (Lipinski definition) is 6. The monoisotopic (exact) mass is 510 g/mol. The zero-order chi connectivity index (χ0) is 21.8. The van der Waals surface area contributed by atoms with Crippen LogP contribution >= 0.6 is 35.3 Å². The fourth-order valence-corrected chi connectivity index (χ4v) is 10.8. The molecule has 4 rings (SSSR count). The maximum Gasteiger partial charge on any atom is 0.187 e. The van der Waals surface area contributed by atoms with Gasteiger partial charge in [0.05, 0.1) is 0 Å². The fourth-order valence-electron chi connectivity index (χ4n) is 3.53. The Bertz CT molecular complexity index is 874. The van der Waals surface area contributed by atoms with Gasteiger partial charge in [0.15, 0.2) is 27.2 Å². The summed E-state index contributed by atoms with van der Waals surface area (Å²) in [5.41, 5.74) is 19.4. The Hall–Kier alpha value is -0.420. The Morgan fingerprint density at radius 2 is 1.35 bits per heavy atom. The summed E-state index contributed by atoms with van der Waals surface area (Å²) in [5, 5.41) is 9.00. The zero-order valence-corrected chi connectivity index (χ0v) is 21.4. The molecule has 2 aliphatic heterocycles. The van der Waals surface area contributed by atoms with Gasteiger partial charge in [-0.1, -0.05) is 47.8 Å². The highest BCUT2D eigenvalue weighted by molar-refractivity contribution is 8.14. The maximum atomic E-state index is 7.30. The number of thioether (sulfide) groups is 2. The minimum absolute atomic E-state index is 0.237. The van der Waals surface area contributed by atoms with Crippen molar-refractivity contribution in [3.63, 3.8) is 0 Å². The first-order valence-corrected chi connectivity index (χ1v) is 16.4. The largest absolute Gasteiger partial charge is 0.379 e. The summed E-state index contributed by atoms with van der Waals surface area (Å²) in [4.78, 5) is 2.60. The highest BCUT2D eigenvalue weighted by atomic mass is 32.2. The van der Waals surface area contributed by atoms with Crippen molar-refractivity contribution in [1.29, 1.82) is 5.41 Å². The number of nitrogens with two attached hydrogens (primary N) is 3. The van der Waals surface area contributed by atoms with Gasteiger partial charge in [-0.3, -0.25) is 5.41 Å². The van der Waals surface area contributed by atoms with Gasteiger partial charge in [-0.15, -0.1) is 11.8 Å². The van der Waals surface area contributed by atoms with Crippen molar-refractivity contribution in [3.05, 3.63) is 59.7 Å². The molecule has 31 heavy (non-hydrogen) atoms. The molecule has 0 spiro atoms. The first-order chi connectivity index (χ1) is 15.0. The Kier molecular flexibility index (Phi) is 8.52. The van der Waals surface area contributed by atoms with Gasteiger partial charge in [0.25, 0.3) is 0 Å². The van der Waals surface area contributed by atoms with E-state index in [-0.39, 0.29) is 10.7 Å². The summed E-state index contributed by atoms with van der Waals surface area (Å²) >= 11 is 4.96. The first kappa shape index (κ1) is 23.7. The third-order valence-electron chi connectivity index (χ3n) is 5.30. The van der Waals surface area contributed by atoms with E-state index in [1.165, 1.54) is 55.7 Å². The topological polar surface area (TPSA) is 102 Å². The molecular formula is C22H30N4S5+2. The molecule has 4 atom stereocenters. The molecule has 0 aromatic heterocycles. The van der Waals surface area contributed by atoms with Crippen LogP contribution in [0.3, 0.4) is 0 Å². The Morgan fingerprint density at radius 3 is 1.81 bits per heavy atom. The minimum atomic E-state index is -0.240. The van der Waals surface area contributed by atoms with E-state index in [2.05, 4.69) is 48.5 Å². The van der Waals surface area contributed by atoms with E-state index < -0.39 is 0 Å². The third kappa shape index (κ3) is 7.28. The van der Waals surface area contributed by atoms with Crippen molar-refractivity contribution in [2.45, 2.75) is 25.8 Å². The van der Waals surface area contributed by atoms with E-state index in [1.54, 1.807) is 11.8 Å². The highest BCUT2D eigenvalue weighted by Gasteiger charge is 2.50. The first-order valence-electron chi connectivity index (χ1n) is 10.3. The number of benzene rings is 2. The third-order valence-corrected chi connectivity index (χ3v) is 13.0. The average Bonchev–Trinajstić information content (AvgIpc) is 3.65. The average molecular weight is 511 g/mol. The Labute approximate surface area is 203 Å². The molecule has 0 radical (unpaired) electrons. The lowest BCUT2D eigenvalue weighted by Crippen LogP contribution is -2.27. The SMILES string of the molecule is N=C(N)SCC[S+]1CC1c1ccc(Sc2ccc(C3C[S+]3CCSC(N)N)cc2)cc1. The van der Waals surface area contributed by atoms with Crippen LogP contribution in [0, 0.1) is 5.41 Å². The van der Waals surface area contributed by atoms with Crippen molar-refractivity contribution >= 4 is 62.2 Å². The second-order valence-corrected chi connectivity index (χ2v) is 15.9. The van der Waals surface area contributed by atoms with Crippen LogP contribution in [0.2, 0.25) is 0 Å². The lowest BCUT2D eigenvalue weighted by atomic mass is 10.2. The van der Waals surface area contributed by atoms with E-state index in [4.69, 9.17) is 22.6 Å².